The number of amides is 1. The van der Waals surface area contributed by atoms with Crippen molar-refractivity contribution in [3.8, 4) is 5.75 Å². The van der Waals surface area contributed by atoms with Crippen LogP contribution in [0.1, 0.15) is 16.7 Å². The molecule has 140 valence electrons. The van der Waals surface area contributed by atoms with Gasteiger partial charge < -0.3 is 15.0 Å². The number of benzene rings is 2. The van der Waals surface area contributed by atoms with E-state index in [1.165, 1.54) is 5.56 Å². The number of nitrogens with zero attached hydrogens (tertiary/aromatic N) is 2. The van der Waals surface area contributed by atoms with Crippen molar-refractivity contribution in [1.29, 1.82) is 0 Å². The van der Waals surface area contributed by atoms with Crippen molar-refractivity contribution in [2.75, 3.05) is 30.4 Å². The van der Waals surface area contributed by atoms with E-state index < -0.39 is 0 Å². The standard InChI is InChI=1S/C21H23N3O2S/c1-12-7-13(2)19(14(3)8-12)23-20(25)15-10-24(11-15)21-22-17-9-16(26-4)5-6-18(17)27-21/h5-9,15H,10-11H2,1-4H3,(H,23,25). The van der Waals surface area contributed by atoms with Crippen LogP contribution in [0.2, 0.25) is 0 Å². The molecule has 1 aromatic heterocycles. The quantitative estimate of drug-likeness (QED) is 0.732. The Balaban J connectivity index is 1.43. The molecule has 0 unspecified atom stereocenters. The van der Waals surface area contributed by atoms with Crippen molar-refractivity contribution in [3.63, 3.8) is 0 Å². The van der Waals surface area contributed by atoms with Crippen molar-refractivity contribution in [3.05, 3.63) is 47.0 Å². The van der Waals surface area contributed by atoms with Gasteiger partial charge in [0.2, 0.25) is 5.91 Å². The second-order valence-corrected chi connectivity index (χ2v) is 8.20. The van der Waals surface area contributed by atoms with Gasteiger partial charge in [-0.05, 0) is 44.0 Å². The van der Waals surface area contributed by atoms with Crippen LogP contribution in [0.15, 0.2) is 30.3 Å². The largest absolute Gasteiger partial charge is 0.497 e. The summed E-state index contributed by atoms with van der Waals surface area (Å²) in [6, 6.07) is 10.1. The SMILES string of the molecule is COc1ccc2sc(N3CC(C(=O)Nc4c(C)cc(C)cc4C)C3)nc2c1. The summed E-state index contributed by atoms with van der Waals surface area (Å²) in [5, 5.41) is 4.09. The first-order valence-corrected chi connectivity index (χ1v) is 9.84. The number of hydrogen-bond acceptors (Lipinski definition) is 5. The molecule has 1 amide bonds. The van der Waals surface area contributed by atoms with Crippen LogP contribution in [-0.2, 0) is 4.79 Å². The molecule has 5 nitrogen and oxygen atoms in total. The van der Waals surface area contributed by atoms with Gasteiger partial charge in [0.05, 0.1) is 23.2 Å². The second-order valence-electron chi connectivity index (χ2n) is 7.19. The highest BCUT2D eigenvalue weighted by Crippen LogP contribution is 2.35. The highest BCUT2D eigenvalue weighted by Gasteiger charge is 2.34. The first-order valence-electron chi connectivity index (χ1n) is 9.03. The highest BCUT2D eigenvalue weighted by molar-refractivity contribution is 7.22. The van der Waals surface area contributed by atoms with Crippen molar-refractivity contribution < 1.29 is 9.53 Å². The lowest BCUT2D eigenvalue weighted by Gasteiger charge is -2.38. The van der Waals surface area contributed by atoms with Crippen LogP contribution in [0.4, 0.5) is 10.8 Å². The van der Waals surface area contributed by atoms with Crippen LogP contribution < -0.4 is 15.0 Å². The zero-order valence-electron chi connectivity index (χ0n) is 16.0. The summed E-state index contributed by atoms with van der Waals surface area (Å²) in [5.74, 6) is 0.889. The molecule has 1 saturated heterocycles. The predicted octanol–water partition coefficient (Wildman–Crippen LogP) is 4.31. The first kappa shape index (κ1) is 17.8. The Hall–Kier alpha value is -2.60. The number of carbonyl (C=O) groups excluding carboxylic acids is 1. The average molecular weight is 382 g/mol. The fraction of sp³-hybridized carbons (Fsp3) is 0.333. The van der Waals surface area contributed by atoms with E-state index >= 15 is 0 Å². The van der Waals surface area contributed by atoms with Crippen LogP contribution in [0.3, 0.4) is 0 Å². The summed E-state index contributed by atoms with van der Waals surface area (Å²) in [4.78, 5) is 19.5. The van der Waals surface area contributed by atoms with Gasteiger partial charge in [-0.15, -0.1) is 0 Å². The number of hydrogen-bond donors (Lipinski definition) is 1. The molecule has 27 heavy (non-hydrogen) atoms. The molecule has 0 radical (unpaired) electrons. The summed E-state index contributed by atoms with van der Waals surface area (Å²) >= 11 is 1.65. The Kier molecular flexibility index (Phi) is 4.52. The smallest absolute Gasteiger partial charge is 0.231 e. The molecule has 6 heteroatoms. The maximum absolute atomic E-state index is 12.6. The van der Waals surface area contributed by atoms with Crippen LogP contribution >= 0.6 is 11.3 Å². The number of ether oxygens (including phenoxy) is 1. The Bertz CT molecular complexity index is 998. The normalized spacial score (nSPS) is 14.3. The lowest BCUT2D eigenvalue weighted by atomic mass is 9.98. The number of nitrogens with one attached hydrogen (secondary N) is 1. The van der Waals surface area contributed by atoms with Gasteiger partial charge in [0.15, 0.2) is 5.13 Å². The van der Waals surface area contributed by atoms with Crippen LogP contribution in [-0.4, -0.2) is 31.1 Å². The minimum absolute atomic E-state index is 0.00773. The summed E-state index contributed by atoms with van der Waals surface area (Å²) in [7, 11) is 1.66. The average Bonchev–Trinajstić information content (AvgIpc) is 2.99. The van der Waals surface area contributed by atoms with Crippen molar-refractivity contribution in [2.24, 2.45) is 5.92 Å². The maximum atomic E-state index is 12.6. The van der Waals surface area contributed by atoms with Gasteiger partial charge in [-0.25, -0.2) is 4.98 Å². The van der Waals surface area contributed by atoms with Gasteiger partial charge in [0.25, 0.3) is 0 Å². The molecule has 1 N–H and O–H groups in total. The molecule has 3 aromatic rings. The fourth-order valence-electron chi connectivity index (χ4n) is 3.56. The predicted molar refractivity (Wildman–Crippen MR) is 111 cm³/mol. The van der Waals surface area contributed by atoms with Crippen LogP contribution in [0.25, 0.3) is 10.2 Å². The third kappa shape index (κ3) is 3.37. The Morgan fingerprint density at radius 1 is 1.19 bits per heavy atom. The number of fused-ring (bicyclic) bond motifs is 1. The molecule has 2 aromatic carbocycles. The number of aryl methyl sites for hydroxylation is 3. The highest BCUT2D eigenvalue weighted by atomic mass is 32.1. The van der Waals surface area contributed by atoms with Gasteiger partial charge in [0, 0.05) is 24.8 Å². The van der Waals surface area contributed by atoms with Crippen LogP contribution in [0, 0.1) is 26.7 Å². The van der Waals surface area contributed by atoms with E-state index in [-0.39, 0.29) is 11.8 Å². The van der Waals surface area contributed by atoms with E-state index in [0.29, 0.717) is 13.1 Å². The molecular formula is C21H23N3O2S. The Morgan fingerprint density at radius 2 is 1.89 bits per heavy atom. The topological polar surface area (TPSA) is 54.5 Å². The number of methoxy groups -OCH3 is 1. The van der Waals surface area contributed by atoms with Gasteiger partial charge in [0.1, 0.15) is 5.75 Å². The van der Waals surface area contributed by atoms with Crippen LogP contribution in [0.5, 0.6) is 5.75 Å². The summed E-state index contributed by atoms with van der Waals surface area (Å²) in [5.41, 5.74) is 5.31. The number of thiazole rings is 1. The molecule has 1 fully saturated rings. The fourth-order valence-corrected chi connectivity index (χ4v) is 4.52. The molecule has 0 saturated carbocycles. The number of anilines is 2. The van der Waals surface area contributed by atoms with E-state index in [9.17, 15) is 4.79 Å². The van der Waals surface area contributed by atoms with E-state index in [0.717, 1.165) is 37.9 Å². The number of rotatable bonds is 4. The lowest BCUT2D eigenvalue weighted by molar-refractivity contribution is -0.120. The Labute approximate surface area is 163 Å². The molecule has 0 bridgehead atoms. The van der Waals surface area contributed by atoms with Gasteiger partial charge in [-0.2, -0.15) is 0 Å². The molecule has 0 aliphatic carbocycles. The van der Waals surface area contributed by atoms with Crippen molar-refractivity contribution >= 4 is 38.3 Å². The molecule has 1 aliphatic heterocycles. The summed E-state index contributed by atoms with van der Waals surface area (Å²) < 4.78 is 6.39. The molecule has 0 spiro atoms. The van der Waals surface area contributed by atoms with Gasteiger partial charge >= 0.3 is 0 Å². The second kappa shape index (κ2) is 6.85. The third-order valence-electron chi connectivity index (χ3n) is 5.03. The lowest BCUT2D eigenvalue weighted by Crippen LogP contribution is -2.52. The van der Waals surface area contributed by atoms with E-state index in [1.807, 2.05) is 32.0 Å². The van der Waals surface area contributed by atoms with E-state index in [2.05, 4.69) is 29.3 Å². The zero-order chi connectivity index (χ0) is 19.1. The molecule has 0 atom stereocenters. The molecule has 1 aliphatic rings. The van der Waals surface area contributed by atoms with E-state index in [4.69, 9.17) is 9.72 Å². The molecular weight excluding hydrogens is 358 g/mol. The summed E-state index contributed by atoms with van der Waals surface area (Å²) in [6.45, 7) is 7.55. The minimum atomic E-state index is -0.00773. The van der Waals surface area contributed by atoms with Gasteiger partial charge in [-0.1, -0.05) is 29.0 Å². The monoisotopic (exact) mass is 381 g/mol. The van der Waals surface area contributed by atoms with E-state index in [1.54, 1.807) is 18.4 Å². The van der Waals surface area contributed by atoms with Crippen molar-refractivity contribution in [1.82, 2.24) is 4.98 Å². The summed E-state index contributed by atoms with van der Waals surface area (Å²) in [6.07, 6.45) is 0. The van der Waals surface area contributed by atoms with Crippen molar-refractivity contribution in [2.45, 2.75) is 20.8 Å². The minimum Gasteiger partial charge on any atom is -0.497 e. The number of carbonyl (C=O) groups is 1. The third-order valence-corrected chi connectivity index (χ3v) is 6.13. The maximum Gasteiger partial charge on any atom is 0.231 e. The Morgan fingerprint density at radius 3 is 2.56 bits per heavy atom. The first-order chi connectivity index (χ1) is 12.9. The molecule has 2 heterocycles. The zero-order valence-corrected chi connectivity index (χ0v) is 16.8. The van der Waals surface area contributed by atoms with Gasteiger partial charge in [-0.3, -0.25) is 4.79 Å². The molecule has 4 rings (SSSR count). The number of aromatic nitrogens is 1.